The molecular weight excluding hydrogens is 536 g/mol. The van der Waals surface area contributed by atoms with E-state index in [1.165, 1.54) is 5.56 Å². The van der Waals surface area contributed by atoms with Crippen LogP contribution in [0.3, 0.4) is 0 Å². The van der Waals surface area contributed by atoms with Crippen LogP contribution in [0.5, 0.6) is 5.75 Å². The van der Waals surface area contributed by atoms with Gasteiger partial charge in [0.15, 0.2) is 0 Å². The normalized spacial score (nSPS) is 28.4. The van der Waals surface area contributed by atoms with E-state index in [4.69, 9.17) is 16.3 Å². The van der Waals surface area contributed by atoms with Crippen molar-refractivity contribution in [3.8, 4) is 5.75 Å². The lowest BCUT2D eigenvalue weighted by atomic mass is 9.69. The largest absolute Gasteiger partial charge is 0.487 e. The van der Waals surface area contributed by atoms with Gasteiger partial charge in [0, 0.05) is 23.7 Å². The Labute approximate surface area is 236 Å². The summed E-state index contributed by atoms with van der Waals surface area (Å²) in [5.74, 6) is 0.00823. The maximum absolute atomic E-state index is 13.1. The summed E-state index contributed by atoms with van der Waals surface area (Å²) in [4.78, 5) is 15.4. The summed E-state index contributed by atoms with van der Waals surface area (Å²) in [5, 5.41) is 11.7. The van der Waals surface area contributed by atoms with E-state index in [1.54, 1.807) is 25.1 Å². The molecule has 0 saturated heterocycles. The molecule has 0 spiro atoms. The smallest absolute Gasteiger partial charge is 0.264 e. The number of hydrogen-bond acceptors (Lipinski definition) is 6. The Morgan fingerprint density at radius 3 is 2.74 bits per heavy atom. The molecule has 39 heavy (non-hydrogen) atoms. The summed E-state index contributed by atoms with van der Waals surface area (Å²) in [6, 6.07) is 11.0. The van der Waals surface area contributed by atoms with Crippen LogP contribution < -0.4 is 14.4 Å². The van der Waals surface area contributed by atoms with Crippen LogP contribution in [0.1, 0.15) is 60.5 Å². The van der Waals surface area contributed by atoms with Crippen molar-refractivity contribution >= 4 is 33.2 Å². The SMILES string of the molecule is C[C@H]1/C=C\CC(O)[C@@H]2CC[C@H]2CN2CCCCc3cc(Cl)ccc3COc3ccc(cc32)C(=O)NS(=O)(=O)C1. The lowest BCUT2D eigenvalue weighted by Crippen LogP contribution is -2.43. The average molecular weight is 573 g/mol. The standard InChI is InChI=1S/C30H37ClN2O5S/c1-20-5-4-7-28(34)26-12-9-23(26)17-33-14-3-2-6-21-15-25(31)11-8-24(21)18-38-29-13-10-22(16-27(29)33)30(35)32-39(36,37)19-20/h4-5,8,10-11,13,15-16,20,23,26,28,34H,2-3,6-7,9,12,14,17-19H2,1H3,(H,32,35)/b5-4-/t20-,23-,26+,28?/m0/s1. The third kappa shape index (κ3) is 6.79. The fourth-order valence-electron chi connectivity index (χ4n) is 5.96. The van der Waals surface area contributed by atoms with Crippen molar-refractivity contribution in [2.75, 3.05) is 23.7 Å². The topological polar surface area (TPSA) is 95.9 Å². The number of benzene rings is 2. The molecule has 1 unspecified atom stereocenters. The number of hydrogen-bond donors (Lipinski definition) is 2. The van der Waals surface area contributed by atoms with Gasteiger partial charge in [-0.3, -0.25) is 4.79 Å². The van der Waals surface area contributed by atoms with E-state index in [0.29, 0.717) is 29.7 Å². The number of carbonyl (C=O) groups is 1. The van der Waals surface area contributed by atoms with Crippen LogP contribution in [-0.4, -0.2) is 44.4 Å². The first-order chi connectivity index (χ1) is 18.7. The second-order valence-corrected chi connectivity index (χ2v) is 13.4. The highest BCUT2D eigenvalue weighted by molar-refractivity contribution is 7.90. The van der Waals surface area contributed by atoms with Gasteiger partial charge in [-0.05, 0) is 97.7 Å². The highest BCUT2D eigenvalue weighted by Crippen LogP contribution is 2.41. The summed E-state index contributed by atoms with van der Waals surface area (Å²) in [6.45, 7) is 3.65. The van der Waals surface area contributed by atoms with Crippen LogP contribution >= 0.6 is 11.6 Å². The van der Waals surface area contributed by atoms with Gasteiger partial charge in [-0.2, -0.15) is 0 Å². The van der Waals surface area contributed by atoms with Crippen molar-refractivity contribution in [3.63, 3.8) is 0 Å². The molecule has 2 aromatic carbocycles. The molecule has 2 aromatic rings. The van der Waals surface area contributed by atoms with E-state index < -0.39 is 22.0 Å². The van der Waals surface area contributed by atoms with Crippen molar-refractivity contribution in [2.45, 2.75) is 58.2 Å². The van der Waals surface area contributed by atoms with Crippen molar-refractivity contribution in [2.24, 2.45) is 17.8 Å². The van der Waals surface area contributed by atoms with Crippen LogP contribution in [0.15, 0.2) is 48.6 Å². The van der Waals surface area contributed by atoms with E-state index in [2.05, 4.69) is 9.62 Å². The molecule has 0 aromatic heterocycles. The molecule has 2 heterocycles. The fraction of sp³-hybridized carbons (Fsp3) is 0.500. The summed E-state index contributed by atoms with van der Waals surface area (Å²) < 4.78 is 34.1. The molecule has 2 bridgehead atoms. The Morgan fingerprint density at radius 1 is 1.10 bits per heavy atom. The number of ether oxygens (including phenoxy) is 1. The van der Waals surface area contributed by atoms with Crippen LogP contribution in [0.25, 0.3) is 0 Å². The molecule has 5 rings (SSSR count). The number of halogens is 1. The van der Waals surface area contributed by atoms with Gasteiger partial charge in [-0.15, -0.1) is 0 Å². The molecule has 0 radical (unpaired) electrons. The lowest BCUT2D eigenvalue weighted by molar-refractivity contribution is 0.0180. The number of carbonyl (C=O) groups excluding carboxylic acids is 1. The van der Waals surface area contributed by atoms with Gasteiger partial charge < -0.3 is 14.7 Å². The van der Waals surface area contributed by atoms with Gasteiger partial charge in [0.2, 0.25) is 10.0 Å². The maximum Gasteiger partial charge on any atom is 0.264 e. The summed E-state index contributed by atoms with van der Waals surface area (Å²) in [5.41, 5.74) is 3.30. The van der Waals surface area contributed by atoms with E-state index in [1.807, 2.05) is 30.4 Å². The van der Waals surface area contributed by atoms with Crippen molar-refractivity contribution in [3.05, 3.63) is 70.3 Å². The van der Waals surface area contributed by atoms with Crippen LogP contribution in [0, 0.1) is 17.8 Å². The zero-order valence-corrected chi connectivity index (χ0v) is 23.9. The van der Waals surface area contributed by atoms with Gasteiger partial charge in [0.05, 0.1) is 17.5 Å². The molecule has 3 aliphatic rings. The Balaban J connectivity index is 1.52. The minimum Gasteiger partial charge on any atom is -0.487 e. The van der Waals surface area contributed by atoms with Gasteiger partial charge >= 0.3 is 0 Å². The number of rotatable bonds is 0. The third-order valence-electron chi connectivity index (χ3n) is 8.24. The van der Waals surface area contributed by atoms with Crippen molar-refractivity contribution in [1.29, 1.82) is 0 Å². The van der Waals surface area contributed by atoms with Gasteiger partial charge in [0.1, 0.15) is 12.4 Å². The molecule has 210 valence electrons. The monoisotopic (exact) mass is 572 g/mol. The Morgan fingerprint density at radius 2 is 1.95 bits per heavy atom. The minimum absolute atomic E-state index is 0.182. The molecular formula is C30H37ClN2O5S. The van der Waals surface area contributed by atoms with E-state index >= 15 is 0 Å². The molecule has 2 aliphatic heterocycles. The second kappa shape index (κ2) is 11.9. The molecule has 1 fully saturated rings. The molecule has 9 heteroatoms. The number of nitrogens with zero attached hydrogens (tertiary/aromatic N) is 1. The van der Waals surface area contributed by atoms with Crippen molar-refractivity contribution < 1.29 is 23.1 Å². The molecule has 2 N–H and O–H groups in total. The summed E-state index contributed by atoms with van der Waals surface area (Å²) in [6.07, 6.45) is 8.51. The van der Waals surface area contributed by atoms with E-state index in [9.17, 15) is 18.3 Å². The Hall–Kier alpha value is -2.55. The highest BCUT2D eigenvalue weighted by Gasteiger charge is 2.37. The van der Waals surface area contributed by atoms with Gasteiger partial charge in [-0.1, -0.05) is 36.7 Å². The third-order valence-corrected chi connectivity index (χ3v) is 9.93. The number of aryl methyl sites for hydroxylation is 1. The summed E-state index contributed by atoms with van der Waals surface area (Å²) >= 11 is 6.28. The second-order valence-electron chi connectivity index (χ2n) is 11.2. The van der Waals surface area contributed by atoms with Crippen molar-refractivity contribution in [1.82, 2.24) is 4.72 Å². The average Bonchev–Trinajstić information content (AvgIpc) is 2.88. The molecule has 1 aliphatic carbocycles. The molecule has 4 atom stereocenters. The van der Waals surface area contributed by atoms with Crippen LogP contribution in [0.4, 0.5) is 5.69 Å². The Kier molecular flexibility index (Phi) is 8.55. The number of fused-ring (bicyclic) bond motifs is 3. The minimum atomic E-state index is -3.85. The lowest BCUT2D eigenvalue weighted by Gasteiger charge is -2.43. The molecule has 1 amide bonds. The van der Waals surface area contributed by atoms with E-state index in [-0.39, 0.29) is 23.2 Å². The number of anilines is 1. The van der Waals surface area contributed by atoms with Gasteiger partial charge in [-0.25, -0.2) is 13.1 Å². The number of sulfonamides is 1. The zero-order valence-electron chi connectivity index (χ0n) is 22.3. The zero-order chi connectivity index (χ0) is 27.6. The Bertz CT molecular complexity index is 1340. The number of aliphatic hydroxyl groups excluding tert-OH is 1. The van der Waals surface area contributed by atoms with Gasteiger partial charge in [0.25, 0.3) is 5.91 Å². The number of aliphatic hydroxyl groups is 1. The number of nitrogens with one attached hydrogen (secondary N) is 1. The number of allylic oxidation sites excluding steroid dienone is 1. The first-order valence-corrected chi connectivity index (χ1v) is 15.9. The number of amides is 1. The predicted octanol–water partition coefficient (Wildman–Crippen LogP) is 5.10. The first-order valence-electron chi connectivity index (χ1n) is 13.9. The highest BCUT2D eigenvalue weighted by atomic mass is 35.5. The first kappa shape index (κ1) is 28.0. The van der Waals surface area contributed by atoms with Crippen LogP contribution in [0.2, 0.25) is 5.02 Å². The van der Waals surface area contributed by atoms with E-state index in [0.717, 1.165) is 56.4 Å². The molecule has 7 nitrogen and oxygen atoms in total. The predicted molar refractivity (Wildman–Crippen MR) is 154 cm³/mol. The maximum atomic E-state index is 13.1. The summed E-state index contributed by atoms with van der Waals surface area (Å²) in [7, 11) is -3.85. The fourth-order valence-corrected chi connectivity index (χ4v) is 7.44. The quantitative estimate of drug-likeness (QED) is 0.426. The molecule has 1 saturated carbocycles. The van der Waals surface area contributed by atoms with Crippen LogP contribution in [-0.2, 0) is 23.1 Å².